The Balaban J connectivity index is 1.95. The highest BCUT2D eigenvalue weighted by molar-refractivity contribution is 5.76. The van der Waals surface area contributed by atoms with Crippen LogP contribution in [0.15, 0.2) is 12.1 Å². The first-order chi connectivity index (χ1) is 11.2. The van der Waals surface area contributed by atoms with Crippen molar-refractivity contribution in [1.29, 1.82) is 0 Å². The summed E-state index contributed by atoms with van der Waals surface area (Å²) in [7, 11) is 4.75. The van der Waals surface area contributed by atoms with Gasteiger partial charge in [-0.3, -0.25) is 4.79 Å². The van der Waals surface area contributed by atoms with Gasteiger partial charge in [0.05, 0.1) is 21.3 Å². The van der Waals surface area contributed by atoms with E-state index in [1.165, 1.54) is 0 Å². The van der Waals surface area contributed by atoms with E-state index < -0.39 is 0 Å². The van der Waals surface area contributed by atoms with Crippen LogP contribution in [-0.4, -0.2) is 46.4 Å². The van der Waals surface area contributed by atoms with Crippen molar-refractivity contribution in [2.45, 2.75) is 31.7 Å². The third-order valence-corrected chi connectivity index (χ3v) is 4.03. The van der Waals surface area contributed by atoms with Crippen LogP contribution in [0.4, 0.5) is 0 Å². The lowest BCUT2D eigenvalue weighted by molar-refractivity contribution is -0.121. The molecule has 0 bridgehead atoms. The van der Waals surface area contributed by atoms with Gasteiger partial charge in [-0.2, -0.15) is 0 Å². The summed E-state index contributed by atoms with van der Waals surface area (Å²) in [4.78, 5) is 12.1. The van der Waals surface area contributed by atoms with E-state index in [4.69, 9.17) is 14.2 Å². The molecule has 6 nitrogen and oxygen atoms in total. The van der Waals surface area contributed by atoms with Gasteiger partial charge in [-0.1, -0.05) is 0 Å². The van der Waals surface area contributed by atoms with Crippen LogP contribution in [-0.2, 0) is 11.2 Å². The fraction of sp³-hybridized carbons (Fsp3) is 0.588. The Morgan fingerprint density at radius 1 is 1.22 bits per heavy atom. The Morgan fingerprint density at radius 2 is 1.91 bits per heavy atom. The summed E-state index contributed by atoms with van der Waals surface area (Å²) in [5.74, 6) is 1.86. The van der Waals surface area contributed by atoms with Gasteiger partial charge in [0.25, 0.3) is 0 Å². The van der Waals surface area contributed by atoms with Gasteiger partial charge >= 0.3 is 0 Å². The summed E-state index contributed by atoms with van der Waals surface area (Å²) in [6.45, 7) is 1.90. The molecule has 2 N–H and O–H groups in total. The number of aryl methyl sites for hydroxylation is 1. The zero-order valence-corrected chi connectivity index (χ0v) is 14.1. The molecule has 128 valence electrons. The number of ether oxygens (including phenoxy) is 3. The van der Waals surface area contributed by atoms with Crippen LogP contribution in [0, 0.1) is 0 Å². The number of piperidine rings is 1. The number of carbonyl (C=O) groups excluding carboxylic acids is 1. The molecule has 0 unspecified atom stereocenters. The predicted octanol–water partition coefficient (Wildman–Crippen LogP) is 1.51. The highest BCUT2D eigenvalue weighted by Crippen LogP contribution is 2.38. The van der Waals surface area contributed by atoms with E-state index in [1.54, 1.807) is 21.3 Å². The molecule has 0 saturated carbocycles. The molecule has 1 heterocycles. The van der Waals surface area contributed by atoms with Crippen molar-refractivity contribution in [2.75, 3.05) is 34.4 Å². The van der Waals surface area contributed by atoms with E-state index >= 15 is 0 Å². The monoisotopic (exact) mass is 322 g/mol. The number of methoxy groups -OCH3 is 3. The van der Waals surface area contributed by atoms with Crippen LogP contribution in [0.5, 0.6) is 17.2 Å². The van der Waals surface area contributed by atoms with Gasteiger partial charge in [-0.25, -0.2) is 0 Å². The minimum absolute atomic E-state index is 0.0763. The summed E-state index contributed by atoms with van der Waals surface area (Å²) in [6, 6.07) is 4.02. The normalized spacial score (nSPS) is 17.4. The van der Waals surface area contributed by atoms with Crippen LogP contribution >= 0.6 is 0 Å². The average molecular weight is 322 g/mol. The highest BCUT2D eigenvalue weighted by atomic mass is 16.5. The Morgan fingerprint density at radius 3 is 2.43 bits per heavy atom. The van der Waals surface area contributed by atoms with Gasteiger partial charge in [0.15, 0.2) is 11.5 Å². The lowest BCUT2D eigenvalue weighted by Gasteiger charge is -2.23. The third kappa shape index (κ3) is 4.76. The molecular formula is C17H26N2O4. The molecule has 1 aromatic rings. The Labute approximate surface area is 137 Å². The number of hydrogen-bond donors (Lipinski definition) is 2. The van der Waals surface area contributed by atoms with Gasteiger partial charge in [-0.05, 0) is 43.5 Å². The van der Waals surface area contributed by atoms with E-state index in [-0.39, 0.29) is 11.9 Å². The third-order valence-electron chi connectivity index (χ3n) is 4.03. The Kier molecular flexibility index (Phi) is 6.52. The molecule has 1 atom stereocenters. The van der Waals surface area contributed by atoms with Crippen molar-refractivity contribution in [1.82, 2.24) is 10.6 Å². The van der Waals surface area contributed by atoms with Crippen molar-refractivity contribution in [2.24, 2.45) is 0 Å². The topological polar surface area (TPSA) is 68.8 Å². The van der Waals surface area contributed by atoms with Crippen molar-refractivity contribution < 1.29 is 19.0 Å². The van der Waals surface area contributed by atoms with Crippen LogP contribution < -0.4 is 24.8 Å². The van der Waals surface area contributed by atoms with Gasteiger partial charge in [0.1, 0.15) is 0 Å². The van der Waals surface area contributed by atoms with Gasteiger partial charge in [0, 0.05) is 19.0 Å². The molecule has 0 radical (unpaired) electrons. The molecule has 23 heavy (non-hydrogen) atoms. The molecule has 6 heteroatoms. The van der Waals surface area contributed by atoms with E-state index in [9.17, 15) is 4.79 Å². The van der Waals surface area contributed by atoms with Crippen molar-refractivity contribution in [3.8, 4) is 17.2 Å². The summed E-state index contributed by atoms with van der Waals surface area (Å²) < 4.78 is 16.0. The Bertz CT molecular complexity index is 502. The molecule has 1 saturated heterocycles. The maximum atomic E-state index is 12.1. The van der Waals surface area contributed by atoms with Gasteiger partial charge in [-0.15, -0.1) is 0 Å². The fourth-order valence-electron chi connectivity index (χ4n) is 2.81. The molecule has 1 aliphatic rings. The first-order valence-corrected chi connectivity index (χ1v) is 7.97. The van der Waals surface area contributed by atoms with Crippen molar-refractivity contribution >= 4 is 5.91 Å². The van der Waals surface area contributed by atoms with Gasteiger partial charge < -0.3 is 24.8 Å². The number of carbonyl (C=O) groups is 1. The summed E-state index contributed by atoms with van der Waals surface area (Å²) in [5, 5.41) is 6.38. The smallest absolute Gasteiger partial charge is 0.220 e. The number of hydrogen-bond acceptors (Lipinski definition) is 5. The average Bonchev–Trinajstić information content (AvgIpc) is 2.59. The molecule has 1 fully saturated rings. The fourth-order valence-corrected chi connectivity index (χ4v) is 2.81. The maximum Gasteiger partial charge on any atom is 0.220 e. The first kappa shape index (κ1) is 17.4. The number of nitrogens with one attached hydrogen (secondary N) is 2. The Hall–Kier alpha value is -1.95. The summed E-state index contributed by atoms with van der Waals surface area (Å²) >= 11 is 0. The van der Waals surface area contributed by atoms with E-state index in [0.29, 0.717) is 30.1 Å². The largest absolute Gasteiger partial charge is 0.493 e. The number of benzene rings is 1. The van der Waals surface area contributed by atoms with Gasteiger partial charge in [0.2, 0.25) is 11.7 Å². The van der Waals surface area contributed by atoms with Crippen LogP contribution in [0.2, 0.25) is 0 Å². The lowest BCUT2D eigenvalue weighted by atomic mass is 10.1. The molecular weight excluding hydrogens is 296 g/mol. The van der Waals surface area contributed by atoms with Crippen LogP contribution in [0.25, 0.3) is 0 Å². The second-order valence-corrected chi connectivity index (χ2v) is 5.64. The SMILES string of the molecule is COc1cc(CCC(=O)N[C@H]2CCCNC2)cc(OC)c1OC. The van der Waals surface area contributed by atoms with E-state index in [1.807, 2.05) is 12.1 Å². The van der Waals surface area contributed by atoms with Crippen molar-refractivity contribution in [3.63, 3.8) is 0 Å². The molecule has 1 amide bonds. The zero-order chi connectivity index (χ0) is 16.7. The minimum atomic E-state index is 0.0763. The predicted molar refractivity (Wildman–Crippen MR) is 88.5 cm³/mol. The lowest BCUT2D eigenvalue weighted by Crippen LogP contribution is -2.45. The molecule has 0 spiro atoms. The highest BCUT2D eigenvalue weighted by Gasteiger charge is 2.16. The van der Waals surface area contributed by atoms with E-state index in [0.717, 1.165) is 31.5 Å². The van der Waals surface area contributed by atoms with Crippen LogP contribution in [0.1, 0.15) is 24.8 Å². The zero-order valence-electron chi connectivity index (χ0n) is 14.1. The standard InChI is InChI=1S/C17H26N2O4/c1-21-14-9-12(10-15(22-2)17(14)23-3)6-7-16(20)19-13-5-4-8-18-11-13/h9-10,13,18H,4-8,11H2,1-3H3,(H,19,20)/t13-/m0/s1. The number of amides is 1. The van der Waals surface area contributed by atoms with E-state index in [2.05, 4.69) is 10.6 Å². The number of rotatable bonds is 7. The second-order valence-electron chi connectivity index (χ2n) is 5.64. The summed E-state index contributed by atoms with van der Waals surface area (Å²) in [6.07, 6.45) is 3.22. The van der Waals surface area contributed by atoms with Crippen LogP contribution in [0.3, 0.4) is 0 Å². The minimum Gasteiger partial charge on any atom is -0.493 e. The molecule has 1 aliphatic heterocycles. The quantitative estimate of drug-likeness (QED) is 0.796. The molecule has 2 rings (SSSR count). The molecule has 0 aliphatic carbocycles. The summed E-state index contributed by atoms with van der Waals surface area (Å²) in [5.41, 5.74) is 0.983. The molecule has 1 aromatic carbocycles. The maximum absolute atomic E-state index is 12.1. The second kappa shape index (κ2) is 8.62. The first-order valence-electron chi connectivity index (χ1n) is 7.97. The van der Waals surface area contributed by atoms with Crippen molar-refractivity contribution in [3.05, 3.63) is 17.7 Å². The molecule has 0 aromatic heterocycles.